The van der Waals surface area contributed by atoms with Crippen molar-refractivity contribution in [3.05, 3.63) is 0 Å². The molecule has 2 nitrogen and oxygen atoms in total. The van der Waals surface area contributed by atoms with E-state index in [0.29, 0.717) is 12.2 Å². The summed E-state index contributed by atoms with van der Waals surface area (Å²) in [6, 6.07) is 0. The van der Waals surface area contributed by atoms with E-state index in [0.717, 1.165) is 19.6 Å². The smallest absolute Gasteiger partial charge is 0.0813 e. The van der Waals surface area contributed by atoms with E-state index in [9.17, 15) is 0 Å². The lowest BCUT2D eigenvalue weighted by molar-refractivity contribution is -0.0163. The fourth-order valence-corrected chi connectivity index (χ4v) is 4.17. The fraction of sp³-hybridized carbons (Fsp3) is 1.00. The second kappa shape index (κ2) is 19.2. The van der Waals surface area contributed by atoms with Crippen LogP contribution in [0.25, 0.3) is 0 Å². The SMILES string of the molecule is CCCCCCCCCCCCCCCCCCOCC1CCC(CC)O1. The quantitative estimate of drug-likeness (QED) is 0.197. The number of unbranched alkanes of at least 4 members (excludes halogenated alkanes) is 15. The maximum atomic E-state index is 5.92. The van der Waals surface area contributed by atoms with Gasteiger partial charge in [-0.05, 0) is 25.7 Å². The van der Waals surface area contributed by atoms with Crippen molar-refractivity contribution in [2.75, 3.05) is 13.2 Å². The Morgan fingerprint density at radius 1 is 0.593 bits per heavy atom. The first-order valence-corrected chi connectivity index (χ1v) is 12.6. The minimum absolute atomic E-state index is 0.371. The zero-order chi connectivity index (χ0) is 19.4. The summed E-state index contributed by atoms with van der Waals surface area (Å²) in [4.78, 5) is 0. The number of hydrogen-bond acceptors (Lipinski definition) is 2. The molecule has 0 amide bonds. The normalized spacial score (nSPS) is 19.8. The molecule has 2 heteroatoms. The first-order chi connectivity index (χ1) is 13.4. The van der Waals surface area contributed by atoms with Crippen LogP contribution in [0.4, 0.5) is 0 Å². The molecule has 0 aromatic carbocycles. The van der Waals surface area contributed by atoms with Gasteiger partial charge in [-0.25, -0.2) is 0 Å². The van der Waals surface area contributed by atoms with Crippen LogP contribution in [0.5, 0.6) is 0 Å². The molecular formula is C25H50O2. The highest BCUT2D eigenvalue weighted by molar-refractivity contribution is 4.72. The first kappa shape index (κ1) is 25.0. The lowest BCUT2D eigenvalue weighted by Crippen LogP contribution is -2.17. The topological polar surface area (TPSA) is 18.5 Å². The van der Waals surface area contributed by atoms with Gasteiger partial charge in [-0.15, -0.1) is 0 Å². The van der Waals surface area contributed by atoms with E-state index in [1.807, 2.05) is 0 Å². The molecule has 0 N–H and O–H groups in total. The molecule has 0 radical (unpaired) electrons. The van der Waals surface area contributed by atoms with Crippen molar-refractivity contribution >= 4 is 0 Å². The van der Waals surface area contributed by atoms with Crippen molar-refractivity contribution in [1.29, 1.82) is 0 Å². The van der Waals surface area contributed by atoms with Gasteiger partial charge in [0.05, 0.1) is 18.8 Å². The Kier molecular flexibility index (Phi) is 17.8. The summed E-state index contributed by atoms with van der Waals surface area (Å²) in [5.74, 6) is 0. The van der Waals surface area contributed by atoms with Gasteiger partial charge in [-0.2, -0.15) is 0 Å². The van der Waals surface area contributed by atoms with E-state index in [2.05, 4.69) is 13.8 Å². The monoisotopic (exact) mass is 382 g/mol. The van der Waals surface area contributed by atoms with Crippen LogP contribution in [0.2, 0.25) is 0 Å². The summed E-state index contributed by atoms with van der Waals surface area (Å²) in [6.45, 7) is 6.25. The Labute approximate surface area is 171 Å². The second-order valence-corrected chi connectivity index (χ2v) is 8.74. The van der Waals surface area contributed by atoms with Gasteiger partial charge < -0.3 is 9.47 Å². The van der Waals surface area contributed by atoms with Crippen molar-refractivity contribution in [2.45, 2.75) is 148 Å². The van der Waals surface area contributed by atoms with Crippen molar-refractivity contribution < 1.29 is 9.47 Å². The number of hydrogen-bond donors (Lipinski definition) is 0. The van der Waals surface area contributed by atoms with Crippen molar-refractivity contribution in [2.24, 2.45) is 0 Å². The predicted molar refractivity (Wildman–Crippen MR) is 119 cm³/mol. The Balaban J connectivity index is 1.67. The van der Waals surface area contributed by atoms with Crippen LogP contribution in [0.1, 0.15) is 136 Å². The van der Waals surface area contributed by atoms with E-state index < -0.39 is 0 Å². The Morgan fingerprint density at radius 2 is 1.04 bits per heavy atom. The number of ether oxygens (including phenoxy) is 2. The highest BCUT2D eigenvalue weighted by Gasteiger charge is 2.23. The molecule has 1 aliphatic heterocycles. The van der Waals surface area contributed by atoms with Gasteiger partial charge in [-0.1, -0.05) is 110 Å². The van der Waals surface area contributed by atoms with Crippen molar-refractivity contribution in [3.8, 4) is 0 Å². The lowest BCUT2D eigenvalue weighted by Gasteiger charge is -2.12. The van der Waals surface area contributed by atoms with E-state index in [1.165, 1.54) is 116 Å². The van der Waals surface area contributed by atoms with Crippen LogP contribution in [0, 0.1) is 0 Å². The molecule has 0 aromatic heterocycles. The van der Waals surface area contributed by atoms with Gasteiger partial charge in [0.2, 0.25) is 0 Å². The van der Waals surface area contributed by atoms with Gasteiger partial charge >= 0.3 is 0 Å². The molecule has 1 saturated heterocycles. The van der Waals surface area contributed by atoms with E-state index in [4.69, 9.17) is 9.47 Å². The average Bonchev–Trinajstić information content (AvgIpc) is 3.15. The third-order valence-corrected chi connectivity index (χ3v) is 6.10. The highest BCUT2D eigenvalue weighted by atomic mass is 16.5. The average molecular weight is 383 g/mol. The first-order valence-electron chi connectivity index (χ1n) is 12.6. The Morgan fingerprint density at radius 3 is 1.48 bits per heavy atom. The van der Waals surface area contributed by atoms with E-state index in [-0.39, 0.29) is 0 Å². The molecular weight excluding hydrogens is 332 g/mol. The molecule has 27 heavy (non-hydrogen) atoms. The fourth-order valence-electron chi connectivity index (χ4n) is 4.17. The molecule has 2 unspecified atom stereocenters. The van der Waals surface area contributed by atoms with Crippen molar-refractivity contribution in [3.63, 3.8) is 0 Å². The third kappa shape index (κ3) is 15.5. The summed E-state index contributed by atoms with van der Waals surface area (Å²) in [5, 5.41) is 0. The van der Waals surface area contributed by atoms with Gasteiger partial charge in [0.25, 0.3) is 0 Å². The molecule has 1 heterocycles. The predicted octanol–water partition coefficient (Wildman–Crippen LogP) is 8.22. The molecule has 0 aliphatic carbocycles. The zero-order valence-corrected chi connectivity index (χ0v) is 18.8. The van der Waals surface area contributed by atoms with Gasteiger partial charge in [0.15, 0.2) is 0 Å². The molecule has 0 aromatic rings. The second-order valence-electron chi connectivity index (χ2n) is 8.74. The highest BCUT2D eigenvalue weighted by Crippen LogP contribution is 2.22. The summed E-state index contributed by atoms with van der Waals surface area (Å²) in [5.41, 5.74) is 0. The van der Waals surface area contributed by atoms with Crippen LogP contribution in [0.3, 0.4) is 0 Å². The molecule has 162 valence electrons. The molecule has 1 fully saturated rings. The summed E-state index contributed by atoms with van der Waals surface area (Å²) >= 11 is 0. The lowest BCUT2D eigenvalue weighted by atomic mass is 10.0. The van der Waals surface area contributed by atoms with Gasteiger partial charge in [-0.3, -0.25) is 0 Å². The Hall–Kier alpha value is -0.0800. The maximum absolute atomic E-state index is 5.92. The van der Waals surface area contributed by atoms with Gasteiger partial charge in [0, 0.05) is 6.61 Å². The molecule has 0 spiro atoms. The molecule has 1 rings (SSSR count). The van der Waals surface area contributed by atoms with E-state index >= 15 is 0 Å². The minimum atomic E-state index is 0.371. The van der Waals surface area contributed by atoms with Crippen molar-refractivity contribution in [1.82, 2.24) is 0 Å². The summed E-state index contributed by atoms with van der Waals surface area (Å²) in [6.07, 6.45) is 27.2. The van der Waals surface area contributed by atoms with Crippen LogP contribution in [0.15, 0.2) is 0 Å². The molecule has 0 saturated carbocycles. The largest absolute Gasteiger partial charge is 0.379 e. The van der Waals surface area contributed by atoms with Gasteiger partial charge in [0.1, 0.15) is 0 Å². The van der Waals surface area contributed by atoms with E-state index in [1.54, 1.807) is 0 Å². The molecule has 2 atom stereocenters. The number of rotatable bonds is 20. The van der Waals surface area contributed by atoms with Crippen LogP contribution >= 0.6 is 0 Å². The minimum Gasteiger partial charge on any atom is -0.379 e. The van der Waals surface area contributed by atoms with Crippen LogP contribution < -0.4 is 0 Å². The van der Waals surface area contributed by atoms with Crippen LogP contribution in [-0.2, 0) is 9.47 Å². The summed E-state index contributed by atoms with van der Waals surface area (Å²) in [7, 11) is 0. The van der Waals surface area contributed by atoms with Crippen LogP contribution in [-0.4, -0.2) is 25.4 Å². The third-order valence-electron chi connectivity index (χ3n) is 6.10. The summed E-state index contributed by atoms with van der Waals surface area (Å²) < 4.78 is 11.7. The maximum Gasteiger partial charge on any atom is 0.0813 e. The standard InChI is InChI=1S/C25H50O2/c1-3-5-6-7-8-9-10-11-12-13-14-15-16-17-18-19-22-26-23-25-21-20-24(4-2)27-25/h24-25H,3-23H2,1-2H3. The molecule has 1 aliphatic rings. The Bertz CT molecular complexity index is 292. The zero-order valence-electron chi connectivity index (χ0n) is 18.8. The molecule has 0 bridgehead atoms.